The fourth-order valence-electron chi connectivity index (χ4n) is 2.19. The van der Waals surface area contributed by atoms with Crippen molar-refractivity contribution in [3.8, 4) is 0 Å². The van der Waals surface area contributed by atoms with Crippen molar-refractivity contribution in [1.82, 2.24) is 14.7 Å². The first-order chi connectivity index (χ1) is 11.6. The minimum atomic E-state index is -0.170. The smallest absolute Gasteiger partial charge is 0.321 e. The number of carbonyl (C=O) groups is 1. The Labute approximate surface area is 142 Å². The Hall–Kier alpha value is -2.38. The lowest BCUT2D eigenvalue weighted by molar-refractivity contribution is 0.0617. The summed E-state index contributed by atoms with van der Waals surface area (Å²) in [4.78, 5) is 13.9. The van der Waals surface area contributed by atoms with Crippen molar-refractivity contribution in [2.75, 3.05) is 32.7 Å². The predicted octanol–water partition coefficient (Wildman–Crippen LogP) is 2.25. The molecular weight excluding hydrogens is 308 g/mol. The van der Waals surface area contributed by atoms with Gasteiger partial charge in [-0.2, -0.15) is 5.10 Å². The molecule has 1 aromatic heterocycles. The summed E-state index contributed by atoms with van der Waals surface area (Å²) < 4.78 is 12.1. The molecule has 0 bridgehead atoms. The maximum absolute atomic E-state index is 12.3. The van der Waals surface area contributed by atoms with E-state index in [4.69, 9.17) is 9.47 Å². The second-order valence-corrected chi connectivity index (χ2v) is 5.55. The van der Waals surface area contributed by atoms with E-state index in [2.05, 4.69) is 10.4 Å². The first kappa shape index (κ1) is 18.0. The molecule has 2 amide bonds. The van der Waals surface area contributed by atoms with Crippen LogP contribution in [-0.2, 0) is 29.7 Å². The Morgan fingerprint density at radius 3 is 2.88 bits per heavy atom. The van der Waals surface area contributed by atoms with Crippen LogP contribution in [0.4, 0.5) is 10.5 Å². The number of methoxy groups -OCH3 is 1. The number of anilines is 1. The van der Waals surface area contributed by atoms with Gasteiger partial charge < -0.3 is 19.7 Å². The van der Waals surface area contributed by atoms with Gasteiger partial charge in [0.2, 0.25) is 0 Å². The van der Waals surface area contributed by atoms with E-state index in [9.17, 15) is 4.79 Å². The van der Waals surface area contributed by atoms with E-state index in [1.54, 1.807) is 29.9 Å². The largest absolute Gasteiger partial charge is 0.382 e. The normalized spacial score (nSPS) is 10.6. The molecule has 0 spiro atoms. The zero-order valence-electron chi connectivity index (χ0n) is 14.4. The van der Waals surface area contributed by atoms with E-state index in [1.165, 1.54) is 0 Å². The lowest BCUT2D eigenvalue weighted by Gasteiger charge is -2.17. The first-order valence-electron chi connectivity index (χ1n) is 7.73. The fourth-order valence-corrected chi connectivity index (χ4v) is 2.19. The van der Waals surface area contributed by atoms with Gasteiger partial charge in [0, 0.05) is 38.7 Å². The summed E-state index contributed by atoms with van der Waals surface area (Å²) in [7, 11) is 5.24. The molecule has 0 saturated carbocycles. The Bertz CT molecular complexity index is 657. The third kappa shape index (κ3) is 5.68. The maximum atomic E-state index is 12.3. The van der Waals surface area contributed by atoms with Crippen LogP contribution >= 0.6 is 0 Å². The van der Waals surface area contributed by atoms with Crippen LogP contribution in [0.3, 0.4) is 0 Å². The van der Waals surface area contributed by atoms with Gasteiger partial charge >= 0.3 is 6.03 Å². The van der Waals surface area contributed by atoms with E-state index < -0.39 is 0 Å². The number of amides is 2. The monoisotopic (exact) mass is 332 g/mol. The van der Waals surface area contributed by atoms with Crippen LogP contribution in [-0.4, -0.2) is 48.1 Å². The summed E-state index contributed by atoms with van der Waals surface area (Å²) in [6.07, 6.45) is 3.64. The number of aromatic nitrogens is 2. The second-order valence-electron chi connectivity index (χ2n) is 5.55. The van der Waals surface area contributed by atoms with Gasteiger partial charge in [0.15, 0.2) is 0 Å². The number of hydrogen-bond acceptors (Lipinski definition) is 4. The molecule has 0 aliphatic carbocycles. The predicted molar refractivity (Wildman–Crippen MR) is 91.7 cm³/mol. The van der Waals surface area contributed by atoms with Gasteiger partial charge in [0.1, 0.15) is 0 Å². The molecule has 130 valence electrons. The molecule has 0 unspecified atom stereocenters. The number of aryl methyl sites for hydroxylation is 1. The third-order valence-corrected chi connectivity index (χ3v) is 3.40. The average molecular weight is 332 g/mol. The molecule has 0 radical (unpaired) electrons. The van der Waals surface area contributed by atoms with Gasteiger partial charge in [-0.15, -0.1) is 0 Å². The minimum absolute atomic E-state index is 0.170. The standard InChI is InChI=1S/C17H24N4O3/c1-20(11-15-10-18-21(2)12-15)17(22)19-16-6-4-5-14(9-16)13-24-8-7-23-3/h4-6,9-10,12H,7-8,11,13H2,1-3H3,(H,19,22). The van der Waals surface area contributed by atoms with Crippen molar-refractivity contribution < 1.29 is 14.3 Å². The van der Waals surface area contributed by atoms with Gasteiger partial charge in [0.05, 0.1) is 32.6 Å². The highest BCUT2D eigenvalue weighted by molar-refractivity contribution is 5.89. The molecule has 1 N–H and O–H groups in total. The molecule has 0 atom stereocenters. The number of nitrogens with one attached hydrogen (secondary N) is 1. The minimum Gasteiger partial charge on any atom is -0.382 e. The summed E-state index contributed by atoms with van der Waals surface area (Å²) >= 11 is 0. The molecule has 1 aromatic carbocycles. The van der Waals surface area contributed by atoms with Crippen molar-refractivity contribution >= 4 is 11.7 Å². The molecule has 0 aliphatic heterocycles. The van der Waals surface area contributed by atoms with Crippen LogP contribution in [0.5, 0.6) is 0 Å². The van der Waals surface area contributed by atoms with E-state index in [1.807, 2.05) is 37.5 Å². The van der Waals surface area contributed by atoms with Crippen LogP contribution in [0, 0.1) is 0 Å². The summed E-state index contributed by atoms with van der Waals surface area (Å²) in [5.41, 5.74) is 2.72. The summed E-state index contributed by atoms with van der Waals surface area (Å²) in [6, 6.07) is 7.45. The maximum Gasteiger partial charge on any atom is 0.321 e. The molecule has 1 heterocycles. The number of rotatable bonds is 8. The number of nitrogens with zero attached hydrogens (tertiary/aromatic N) is 3. The van der Waals surface area contributed by atoms with E-state index in [-0.39, 0.29) is 6.03 Å². The SMILES string of the molecule is COCCOCc1cccc(NC(=O)N(C)Cc2cnn(C)c2)c1. The van der Waals surface area contributed by atoms with E-state index in [0.717, 1.165) is 16.8 Å². The van der Waals surface area contributed by atoms with E-state index in [0.29, 0.717) is 26.4 Å². The molecule has 7 nitrogen and oxygen atoms in total. The van der Waals surface area contributed by atoms with Crippen molar-refractivity contribution in [2.24, 2.45) is 7.05 Å². The Morgan fingerprint density at radius 2 is 2.17 bits per heavy atom. The molecule has 0 saturated heterocycles. The Kier molecular flexibility index (Phi) is 6.77. The average Bonchev–Trinajstić information content (AvgIpc) is 2.97. The number of ether oxygens (including phenoxy) is 2. The quantitative estimate of drug-likeness (QED) is 0.753. The molecular formula is C17H24N4O3. The summed E-state index contributed by atoms with van der Waals surface area (Å²) in [5.74, 6) is 0. The van der Waals surface area contributed by atoms with Crippen LogP contribution < -0.4 is 5.32 Å². The summed E-state index contributed by atoms with van der Waals surface area (Å²) in [5, 5.41) is 6.99. The van der Waals surface area contributed by atoms with Crippen LogP contribution in [0.15, 0.2) is 36.7 Å². The molecule has 24 heavy (non-hydrogen) atoms. The van der Waals surface area contributed by atoms with Crippen LogP contribution in [0.2, 0.25) is 0 Å². The highest BCUT2D eigenvalue weighted by Gasteiger charge is 2.10. The molecule has 0 fully saturated rings. The molecule has 7 heteroatoms. The van der Waals surface area contributed by atoms with E-state index >= 15 is 0 Å². The van der Waals surface area contributed by atoms with Gasteiger partial charge in [-0.25, -0.2) is 4.79 Å². The molecule has 0 aliphatic rings. The van der Waals surface area contributed by atoms with Gasteiger partial charge in [-0.3, -0.25) is 4.68 Å². The Morgan fingerprint density at radius 1 is 1.33 bits per heavy atom. The van der Waals surface area contributed by atoms with Crippen molar-refractivity contribution in [1.29, 1.82) is 0 Å². The highest BCUT2D eigenvalue weighted by Crippen LogP contribution is 2.13. The highest BCUT2D eigenvalue weighted by atomic mass is 16.5. The van der Waals surface area contributed by atoms with Crippen molar-refractivity contribution in [3.05, 3.63) is 47.8 Å². The topological polar surface area (TPSA) is 68.6 Å². The van der Waals surface area contributed by atoms with Crippen molar-refractivity contribution in [2.45, 2.75) is 13.2 Å². The number of hydrogen-bond donors (Lipinski definition) is 1. The number of urea groups is 1. The van der Waals surface area contributed by atoms with Crippen LogP contribution in [0.25, 0.3) is 0 Å². The molecule has 2 rings (SSSR count). The number of benzene rings is 1. The van der Waals surface area contributed by atoms with Gasteiger partial charge in [-0.1, -0.05) is 12.1 Å². The van der Waals surface area contributed by atoms with Gasteiger partial charge in [-0.05, 0) is 17.7 Å². The second kappa shape index (κ2) is 9.05. The lowest BCUT2D eigenvalue weighted by atomic mass is 10.2. The fraction of sp³-hybridized carbons (Fsp3) is 0.412. The lowest BCUT2D eigenvalue weighted by Crippen LogP contribution is -2.30. The zero-order valence-corrected chi connectivity index (χ0v) is 14.4. The molecule has 2 aromatic rings. The first-order valence-corrected chi connectivity index (χ1v) is 7.73. The van der Waals surface area contributed by atoms with Crippen molar-refractivity contribution in [3.63, 3.8) is 0 Å². The third-order valence-electron chi connectivity index (χ3n) is 3.40. The zero-order chi connectivity index (χ0) is 17.4. The van der Waals surface area contributed by atoms with Crippen LogP contribution in [0.1, 0.15) is 11.1 Å². The Balaban J connectivity index is 1.86. The number of carbonyl (C=O) groups excluding carboxylic acids is 1. The summed E-state index contributed by atoms with van der Waals surface area (Å²) in [6.45, 7) is 2.09. The van der Waals surface area contributed by atoms with Gasteiger partial charge in [0.25, 0.3) is 0 Å².